The number of halogens is 2. The lowest BCUT2D eigenvalue weighted by molar-refractivity contribution is 0.393. The van der Waals surface area contributed by atoms with E-state index in [9.17, 15) is 0 Å². The van der Waals surface area contributed by atoms with E-state index in [1.54, 1.807) is 7.11 Å². The Hall–Kier alpha value is -0.280. The second kappa shape index (κ2) is 3.62. The van der Waals surface area contributed by atoms with Crippen LogP contribution in [0.25, 0.3) is 0 Å². The lowest BCUT2D eigenvalue weighted by Gasteiger charge is -2.08. The summed E-state index contributed by atoms with van der Waals surface area (Å²) in [6.45, 7) is 3.77. The minimum atomic E-state index is 0.578. The zero-order valence-corrected chi connectivity index (χ0v) is 9.45. The van der Waals surface area contributed by atoms with E-state index >= 15 is 0 Å². The van der Waals surface area contributed by atoms with Crippen LogP contribution in [0, 0.1) is 13.8 Å². The van der Waals surface area contributed by atoms with Gasteiger partial charge >= 0.3 is 0 Å². The summed E-state index contributed by atoms with van der Waals surface area (Å²) in [7, 11) is 1.58. The number of hydrogen-bond acceptors (Lipinski definition) is 2. The molecular formula is C8H9BrClNO. The molecule has 0 saturated carbocycles. The Kier molecular flexibility index (Phi) is 2.96. The molecule has 66 valence electrons. The molecule has 0 fully saturated rings. The molecule has 12 heavy (non-hydrogen) atoms. The molecule has 1 aromatic heterocycles. The van der Waals surface area contributed by atoms with Crippen LogP contribution in [0.3, 0.4) is 0 Å². The van der Waals surface area contributed by atoms with Crippen molar-refractivity contribution < 1.29 is 4.74 Å². The van der Waals surface area contributed by atoms with Crippen molar-refractivity contribution in [3.05, 3.63) is 20.8 Å². The summed E-state index contributed by atoms with van der Waals surface area (Å²) in [6.07, 6.45) is 0. The van der Waals surface area contributed by atoms with Crippen molar-refractivity contribution in [3.63, 3.8) is 0 Å². The molecule has 4 heteroatoms. The van der Waals surface area contributed by atoms with E-state index in [1.165, 1.54) is 0 Å². The Bertz CT molecular complexity index is 314. The van der Waals surface area contributed by atoms with Crippen molar-refractivity contribution in [2.75, 3.05) is 7.11 Å². The fourth-order valence-corrected chi connectivity index (χ4v) is 1.61. The van der Waals surface area contributed by atoms with E-state index in [0.29, 0.717) is 10.9 Å². The molecule has 0 unspecified atom stereocenters. The summed E-state index contributed by atoms with van der Waals surface area (Å²) in [5.41, 5.74) is 1.75. The molecule has 0 aliphatic rings. The van der Waals surface area contributed by atoms with Crippen LogP contribution in [0.4, 0.5) is 0 Å². The quantitative estimate of drug-likeness (QED) is 0.764. The molecular weight excluding hydrogens is 241 g/mol. The van der Waals surface area contributed by atoms with Crippen molar-refractivity contribution in [2.24, 2.45) is 0 Å². The number of nitrogens with zero attached hydrogens (tertiary/aromatic N) is 1. The van der Waals surface area contributed by atoms with E-state index in [-0.39, 0.29) is 0 Å². The number of rotatable bonds is 1. The normalized spacial score (nSPS) is 10.1. The van der Waals surface area contributed by atoms with Gasteiger partial charge in [0, 0.05) is 0 Å². The van der Waals surface area contributed by atoms with Gasteiger partial charge in [-0.05, 0) is 35.3 Å². The second-order valence-electron chi connectivity index (χ2n) is 2.46. The van der Waals surface area contributed by atoms with Crippen LogP contribution in [0.1, 0.15) is 11.3 Å². The Morgan fingerprint density at radius 2 is 2.00 bits per heavy atom. The summed E-state index contributed by atoms with van der Waals surface area (Å²) < 4.78 is 5.86. The van der Waals surface area contributed by atoms with Crippen molar-refractivity contribution in [1.29, 1.82) is 0 Å². The van der Waals surface area contributed by atoms with E-state index in [4.69, 9.17) is 16.3 Å². The van der Waals surface area contributed by atoms with E-state index < -0.39 is 0 Å². The molecule has 0 saturated heterocycles. The highest BCUT2D eigenvalue weighted by molar-refractivity contribution is 9.10. The average Bonchev–Trinajstić information content (AvgIpc) is 2.08. The van der Waals surface area contributed by atoms with Gasteiger partial charge in [-0.1, -0.05) is 11.6 Å². The Balaban J connectivity index is 3.39. The van der Waals surface area contributed by atoms with Crippen LogP contribution in [-0.4, -0.2) is 12.1 Å². The van der Waals surface area contributed by atoms with Crippen LogP contribution in [-0.2, 0) is 0 Å². The average molecular weight is 251 g/mol. The zero-order chi connectivity index (χ0) is 9.30. The van der Waals surface area contributed by atoms with Gasteiger partial charge in [-0.2, -0.15) is 0 Å². The summed E-state index contributed by atoms with van der Waals surface area (Å²) in [5, 5.41) is 0.683. The third-order valence-corrected chi connectivity index (χ3v) is 3.12. The number of aromatic nitrogens is 1. The van der Waals surface area contributed by atoms with Gasteiger partial charge in [0.25, 0.3) is 0 Å². The minimum absolute atomic E-state index is 0.578. The first-order valence-electron chi connectivity index (χ1n) is 3.44. The van der Waals surface area contributed by atoms with Crippen LogP contribution in [0.2, 0.25) is 5.02 Å². The van der Waals surface area contributed by atoms with E-state index in [2.05, 4.69) is 20.9 Å². The SMILES string of the molecule is COc1nc(C)c(Cl)c(C)c1Br. The Morgan fingerprint density at radius 3 is 2.50 bits per heavy atom. The zero-order valence-electron chi connectivity index (χ0n) is 7.11. The highest BCUT2D eigenvalue weighted by atomic mass is 79.9. The number of hydrogen-bond donors (Lipinski definition) is 0. The third kappa shape index (κ3) is 1.57. The van der Waals surface area contributed by atoms with Gasteiger partial charge in [0.1, 0.15) is 0 Å². The van der Waals surface area contributed by atoms with Crippen molar-refractivity contribution in [2.45, 2.75) is 13.8 Å². The monoisotopic (exact) mass is 249 g/mol. The fourth-order valence-electron chi connectivity index (χ4n) is 0.914. The molecule has 0 N–H and O–H groups in total. The predicted octanol–water partition coefficient (Wildman–Crippen LogP) is 3.12. The molecule has 0 atom stereocenters. The molecule has 0 amide bonds. The van der Waals surface area contributed by atoms with E-state index in [1.807, 2.05) is 13.8 Å². The third-order valence-electron chi connectivity index (χ3n) is 1.63. The van der Waals surface area contributed by atoms with Gasteiger partial charge in [-0.3, -0.25) is 0 Å². The minimum Gasteiger partial charge on any atom is -0.480 e. The molecule has 0 bridgehead atoms. The van der Waals surface area contributed by atoms with Crippen LogP contribution in [0.15, 0.2) is 4.47 Å². The maximum Gasteiger partial charge on any atom is 0.228 e. The maximum absolute atomic E-state index is 5.96. The van der Waals surface area contributed by atoms with Gasteiger partial charge in [0.05, 0.1) is 22.3 Å². The van der Waals surface area contributed by atoms with Gasteiger partial charge in [-0.15, -0.1) is 0 Å². The molecule has 0 radical (unpaired) electrons. The highest BCUT2D eigenvalue weighted by Crippen LogP contribution is 2.32. The van der Waals surface area contributed by atoms with Crippen molar-refractivity contribution in [1.82, 2.24) is 4.98 Å². The van der Waals surface area contributed by atoms with Crippen molar-refractivity contribution >= 4 is 27.5 Å². The van der Waals surface area contributed by atoms with Crippen molar-refractivity contribution in [3.8, 4) is 5.88 Å². The standard InChI is InChI=1S/C8H9BrClNO/c1-4-6(9)8(12-3)11-5(2)7(4)10/h1-3H3. The highest BCUT2D eigenvalue weighted by Gasteiger charge is 2.10. The number of pyridine rings is 1. The number of methoxy groups -OCH3 is 1. The molecule has 0 aliphatic carbocycles. The summed E-state index contributed by atoms with van der Waals surface area (Å²) >= 11 is 9.32. The smallest absolute Gasteiger partial charge is 0.228 e. The Morgan fingerprint density at radius 1 is 1.42 bits per heavy atom. The van der Waals surface area contributed by atoms with Gasteiger partial charge < -0.3 is 4.74 Å². The summed E-state index contributed by atoms with van der Waals surface area (Å²) in [6, 6.07) is 0. The second-order valence-corrected chi connectivity index (χ2v) is 3.63. The largest absolute Gasteiger partial charge is 0.480 e. The molecule has 2 nitrogen and oxygen atoms in total. The Labute approximate surface area is 85.0 Å². The van der Waals surface area contributed by atoms with Crippen LogP contribution >= 0.6 is 27.5 Å². The first kappa shape index (κ1) is 9.81. The molecule has 1 rings (SSSR count). The van der Waals surface area contributed by atoms with E-state index in [0.717, 1.165) is 15.7 Å². The molecule has 0 aliphatic heterocycles. The molecule has 1 aromatic rings. The summed E-state index contributed by atoms with van der Waals surface area (Å²) in [4.78, 5) is 4.15. The first-order chi connectivity index (χ1) is 5.57. The number of aryl methyl sites for hydroxylation is 1. The summed E-state index contributed by atoms with van der Waals surface area (Å²) in [5.74, 6) is 0.578. The number of ether oxygens (including phenoxy) is 1. The van der Waals surface area contributed by atoms with Crippen LogP contribution < -0.4 is 4.74 Å². The van der Waals surface area contributed by atoms with Gasteiger partial charge in [-0.25, -0.2) is 4.98 Å². The fraction of sp³-hybridized carbons (Fsp3) is 0.375. The van der Waals surface area contributed by atoms with Gasteiger partial charge in [0.2, 0.25) is 5.88 Å². The van der Waals surface area contributed by atoms with Gasteiger partial charge in [0.15, 0.2) is 0 Å². The lowest BCUT2D eigenvalue weighted by Crippen LogP contribution is -1.95. The first-order valence-corrected chi connectivity index (χ1v) is 4.61. The maximum atomic E-state index is 5.96. The molecule has 1 heterocycles. The lowest BCUT2D eigenvalue weighted by atomic mass is 10.2. The topological polar surface area (TPSA) is 22.1 Å². The van der Waals surface area contributed by atoms with Crippen LogP contribution in [0.5, 0.6) is 5.88 Å². The molecule has 0 spiro atoms. The molecule has 0 aromatic carbocycles. The predicted molar refractivity (Wildman–Crippen MR) is 53.0 cm³/mol.